The summed E-state index contributed by atoms with van der Waals surface area (Å²) in [7, 11) is 0. The molecule has 2 aromatic heterocycles. The number of benzene rings is 2. The van der Waals surface area contributed by atoms with E-state index in [4.69, 9.17) is 5.73 Å². The molecule has 0 saturated heterocycles. The van der Waals surface area contributed by atoms with Crippen molar-refractivity contribution < 1.29 is 22.7 Å². The highest BCUT2D eigenvalue weighted by Gasteiger charge is 2.30. The molecule has 0 spiro atoms. The lowest BCUT2D eigenvalue weighted by atomic mass is 9.92. The van der Waals surface area contributed by atoms with Gasteiger partial charge < -0.3 is 16.2 Å². The number of anilines is 1. The molecule has 0 saturated carbocycles. The van der Waals surface area contributed by atoms with Crippen LogP contribution in [0.4, 0.5) is 22.7 Å². The van der Waals surface area contributed by atoms with Gasteiger partial charge in [-0.3, -0.25) is 0 Å². The van der Waals surface area contributed by atoms with E-state index < -0.39 is 29.6 Å². The quantitative estimate of drug-likeness (QED) is 0.257. The number of fused-ring (bicyclic) bond motifs is 1. The van der Waals surface area contributed by atoms with Gasteiger partial charge in [0.05, 0.1) is 17.0 Å². The van der Waals surface area contributed by atoms with Crippen LogP contribution in [0.5, 0.6) is 0 Å². The van der Waals surface area contributed by atoms with E-state index in [-0.39, 0.29) is 13.2 Å². The Balaban J connectivity index is 1.43. The van der Waals surface area contributed by atoms with Crippen molar-refractivity contribution in [3.63, 3.8) is 0 Å². The number of thiazole rings is 1. The Morgan fingerprint density at radius 3 is 2.45 bits per heavy atom. The van der Waals surface area contributed by atoms with Gasteiger partial charge in [0.1, 0.15) is 0 Å². The SMILES string of the molecule is N[C@H](CNc1ncc(-c2ccc3cnc(F)cc3c2)s1)[C@@H](CO)c1ccc(C(F)(F)F)cc1. The lowest BCUT2D eigenvalue weighted by Crippen LogP contribution is -2.37. The second-order valence-corrected chi connectivity index (χ2v) is 8.58. The first kappa shape index (κ1) is 23.1. The fourth-order valence-electron chi connectivity index (χ4n) is 3.51. The summed E-state index contributed by atoms with van der Waals surface area (Å²) < 4.78 is 51.8. The van der Waals surface area contributed by atoms with Gasteiger partial charge in [0, 0.05) is 42.4 Å². The number of hydrogen-bond donors (Lipinski definition) is 3. The van der Waals surface area contributed by atoms with E-state index >= 15 is 0 Å². The maximum absolute atomic E-state index is 13.4. The smallest absolute Gasteiger partial charge is 0.396 e. The Labute approximate surface area is 190 Å². The Bertz CT molecular complexity index is 1240. The van der Waals surface area contributed by atoms with Crippen LogP contribution in [0.15, 0.2) is 60.9 Å². The van der Waals surface area contributed by atoms with E-state index in [0.717, 1.165) is 33.3 Å². The highest BCUT2D eigenvalue weighted by molar-refractivity contribution is 7.18. The fourth-order valence-corrected chi connectivity index (χ4v) is 4.33. The third kappa shape index (κ3) is 5.29. The number of alkyl halides is 3. The van der Waals surface area contributed by atoms with Crippen molar-refractivity contribution in [3.05, 3.63) is 78.0 Å². The van der Waals surface area contributed by atoms with Crippen molar-refractivity contribution in [2.24, 2.45) is 5.73 Å². The molecule has 33 heavy (non-hydrogen) atoms. The highest BCUT2D eigenvalue weighted by atomic mass is 32.1. The minimum Gasteiger partial charge on any atom is -0.396 e. The molecule has 5 nitrogen and oxygen atoms in total. The van der Waals surface area contributed by atoms with Crippen LogP contribution in [0.2, 0.25) is 0 Å². The molecule has 0 bridgehead atoms. The molecule has 2 aromatic carbocycles. The molecule has 2 atom stereocenters. The van der Waals surface area contributed by atoms with Gasteiger partial charge in [-0.2, -0.15) is 17.6 Å². The van der Waals surface area contributed by atoms with Crippen LogP contribution >= 0.6 is 11.3 Å². The number of aromatic nitrogens is 2. The predicted molar refractivity (Wildman–Crippen MR) is 121 cm³/mol. The molecule has 0 aliphatic carbocycles. The lowest BCUT2D eigenvalue weighted by molar-refractivity contribution is -0.137. The van der Waals surface area contributed by atoms with E-state index in [0.29, 0.717) is 10.7 Å². The fraction of sp³-hybridized carbons (Fsp3) is 0.217. The largest absolute Gasteiger partial charge is 0.416 e. The number of nitrogens with one attached hydrogen (secondary N) is 1. The second-order valence-electron chi connectivity index (χ2n) is 7.55. The number of nitrogens with two attached hydrogens (primary N) is 1. The van der Waals surface area contributed by atoms with Gasteiger partial charge in [-0.15, -0.1) is 0 Å². The summed E-state index contributed by atoms with van der Waals surface area (Å²) in [5, 5.41) is 15.0. The van der Waals surface area contributed by atoms with Crippen LogP contribution in [-0.2, 0) is 6.18 Å². The number of rotatable bonds is 7. The number of aliphatic hydroxyl groups excluding tert-OH is 1. The van der Waals surface area contributed by atoms with Crippen molar-refractivity contribution >= 4 is 27.2 Å². The van der Waals surface area contributed by atoms with Crippen LogP contribution < -0.4 is 11.1 Å². The van der Waals surface area contributed by atoms with Crippen molar-refractivity contribution in [1.29, 1.82) is 0 Å². The summed E-state index contributed by atoms with van der Waals surface area (Å²) >= 11 is 1.39. The van der Waals surface area contributed by atoms with Crippen LogP contribution in [0.25, 0.3) is 21.2 Å². The molecule has 0 unspecified atom stereocenters. The Kier molecular flexibility index (Phi) is 6.59. The first-order valence-electron chi connectivity index (χ1n) is 10.0. The second kappa shape index (κ2) is 9.42. The third-order valence-electron chi connectivity index (χ3n) is 5.35. The van der Waals surface area contributed by atoms with Crippen molar-refractivity contribution in [2.75, 3.05) is 18.5 Å². The Morgan fingerprint density at radius 1 is 1.00 bits per heavy atom. The van der Waals surface area contributed by atoms with Crippen molar-refractivity contribution in [3.8, 4) is 10.4 Å². The molecule has 4 rings (SSSR count). The van der Waals surface area contributed by atoms with E-state index in [2.05, 4.69) is 15.3 Å². The van der Waals surface area contributed by atoms with E-state index in [1.165, 1.54) is 35.7 Å². The minimum atomic E-state index is -4.42. The number of nitrogens with zero attached hydrogens (tertiary/aromatic N) is 2. The molecule has 0 aliphatic rings. The van der Waals surface area contributed by atoms with Gasteiger partial charge in [0.15, 0.2) is 5.13 Å². The first-order valence-corrected chi connectivity index (χ1v) is 10.9. The van der Waals surface area contributed by atoms with Crippen molar-refractivity contribution in [2.45, 2.75) is 18.1 Å². The van der Waals surface area contributed by atoms with Crippen LogP contribution in [0.1, 0.15) is 17.0 Å². The molecule has 10 heteroatoms. The normalized spacial score (nSPS) is 13.8. The van der Waals surface area contributed by atoms with E-state index in [9.17, 15) is 22.7 Å². The van der Waals surface area contributed by atoms with Gasteiger partial charge in [0.2, 0.25) is 5.95 Å². The molecule has 0 radical (unpaired) electrons. The van der Waals surface area contributed by atoms with Crippen LogP contribution in [0.3, 0.4) is 0 Å². The van der Waals surface area contributed by atoms with Gasteiger partial charge in [-0.1, -0.05) is 35.6 Å². The summed E-state index contributed by atoms with van der Waals surface area (Å²) in [6.45, 7) is -0.0480. The minimum absolute atomic E-state index is 0.258. The number of halogens is 4. The highest BCUT2D eigenvalue weighted by Crippen LogP contribution is 2.32. The Morgan fingerprint density at radius 2 is 1.76 bits per heavy atom. The van der Waals surface area contributed by atoms with Gasteiger partial charge in [0.25, 0.3) is 0 Å². The van der Waals surface area contributed by atoms with E-state index in [1.54, 1.807) is 6.20 Å². The standard InChI is InChI=1S/C23H20F4N4OS/c24-21-8-16-7-14(1-2-15(16)9-29-21)20-11-31-22(33-20)30-10-19(28)18(12-32)13-3-5-17(6-4-13)23(25,26)27/h1-9,11,18-19,32H,10,12,28H2,(H,30,31)/t18-,19+/m0/s1. The molecule has 172 valence electrons. The van der Waals surface area contributed by atoms with Crippen molar-refractivity contribution in [1.82, 2.24) is 9.97 Å². The average molecular weight is 476 g/mol. The zero-order valence-corrected chi connectivity index (χ0v) is 18.0. The van der Waals surface area contributed by atoms with Gasteiger partial charge in [-0.25, -0.2) is 9.97 Å². The maximum Gasteiger partial charge on any atom is 0.416 e. The molecular weight excluding hydrogens is 456 g/mol. The van der Waals surface area contributed by atoms with Crippen LogP contribution in [-0.4, -0.2) is 34.3 Å². The molecule has 4 aromatic rings. The molecule has 2 heterocycles. The average Bonchev–Trinajstić information content (AvgIpc) is 3.26. The Hall–Kier alpha value is -3.08. The maximum atomic E-state index is 13.4. The van der Waals surface area contributed by atoms with Gasteiger partial charge >= 0.3 is 6.18 Å². The third-order valence-corrected chi connectivity index (χ3v) is 6.35. The molecule has 0 fully saturated rings. The number of pyridine rings is 1. The van der Waals surface area contributed by atoms with E-state index in [1.807, 2.05) is 18.2 Å². The summed E-state index contributed by atoms with van der Waals surface area (Å²) in [5.41, 5.74) is 6.87. The number of aliphatic hydroxyl groups is 1. The topological polar surface area (TPSA) is 84.1 Å². The number of hydrogen-bond acceptors (Lipinski definition) is 6. The summed E-state index contributed by atoms with van der Waals surface area (Å²) in [6, 6.07) is 11.1. The molecular formula is C23H20F4N4OS. The summed E-state index contributed by atoms with van der Waals surface area (Å²) in [5.74, 6) is -1.09. The molecule has 0 aliphatic heterocycles. The predicted octanol–water partition coefficient (Wildman–Crippen LogP) is 5.03. The molecule has 4 N–H and O–H groups in total. The first-order chi connectivity index (χ1) is 15.7. The summed E-state index contributed by atoms with van der Waals surface area (Å²) in [6.07, 6.45) is -1.25. The lowest BCUT2D eigenvalue weighted by Gasteiger charge is -2.23. The zero-order valence-electron chi connectivity index (χ0n) is 17.2. The zero-order chi connectivity index (χ0) is 23.6. The van der Waals surface area contributed by atoms with Crippen LogP contribution in [0, 0.1) is 5.95 Å². The van der Waals surface area contributed by atoms with Gasteiger partial charge in [-0.05, 0) is 34.7 Å². The monoisotopic (exact) mass is 476 g/mol. The summed E-state index contributed by atoms with van der Waals surface area (Å²) in [4.78, 5) is 8.85. The molecule has 0 amide bonds.